The predicted molar refractivity (Wildman–Crippen MR) is 117 cm³/mol. The Morgan fingerprint density at radius 3 is 2.74 bits per heavy atom. The van der Waals surface area contributed by atoms with Crippen LogP contribution in [0.1, 0.15) is 38.7 Å². The molecule has 8 heteroatoms. The molecule has 31 heavy (non-hydrogen) atoms. The predicted octanol–water partition coefficient (Wildman–Crippen LogP) is 2.23. The number of fused-ring (bicyclic) bond motifs is 1. The summed E-state index contributed by atoms with van der Waals surface area (Å²) < 4.78 is 7.86. The number of hydrogen-bond acceptors (Lipinski definition) is 5. The third kappa shape index (κ3) is 4.30. The van der Waals surface area contributed by atoms with Gasteiger partial charge in [-0.1, -0.05) is 0 Å². The van der Waals surface area contributed by atoms with Gasteiger partial charge in [0.05, 0.1) is 25.0 Å². The fourth-order valence-electron chi connectivity index (χ4n) is 4.60. The molecule has 0 saturated carbocycles. The first-order chi connectivity index (χ1) is 15.0. The molecule has 1 aromatic heterocycles. The summed E-state index contributed by atoms with van der Waals surface area (Å²) in [5, 5.41) is 13.5. The Balaban J connectivity index is 1.71. The highest BCUT2D eigenvalue weighted by Gasteiger charge is 2.30. The van der Waals surface area contributed by atoms with Gasteiger partial charge in [0.15, 0.2) is 6.61 Å². The van der Waals surface area contributed by atoms with Gasteiger partial charge >= 0.3 is 0 Å². The number of hydrogen-bond donors (Lipinski definition) is 1. The molecule has 8 nitrogen and oxygen atoms in total. The van der Waals surface area contributed by atoms with E-state index in [2.05, 4.69) is 12.0 Å². The number of amides is 2. The zero-order chi connectivity index (χ0) is 22.0. The van der Waals surface area contributed by atoms with Crippen LogP contribution in [0, 0.1) is 0 Å². The zero-order valence-corrected chi connectivity index (χ0v) is 18.2. The van der Waals surface area contributed by atoms with Crippen molar-refractivity contribution in [1.82, 2.24) is 14.7 Å². The lowest BCUT2D eigenvalue weighted by Crippen LogP contribution is -2.41. The smallest absolute Gasteiger partial charge is 0.260 e. The molecule has 2 aromatic rings. The van der Waals surface area contributed by atoms with E-state index in [4.69, 9.17) is 4.74 Å². The second kappa shape index (κ2) is 9.09. The zero-order valence-electron chi connectivity index (χ0n) is 18.2. The largest absolute Gasteiger partial charge is 0.483 e. The van der Waals surface area contributed by atoms with E-state index in [9.17, 15) is 14.7 Å². The van der Waals surface area contributed by atoms with Gasteiger partial charge in [-0.2, -0.15) is 5.10 Å². The summed E-state index contributed by atoms with van der Waals surface area (Å²) in [6, 6.07) is 4.01. The van der Waals surface area contributed by atoms with Crippen LogP contribution in [0.5, 0.6) is 5.75 Å². The molecule has 1 aromatic carbocycles. The third-order valence-electron chi connectivity index (χ3n) is 6.16. The van der Waals surface area contributed by atoms with Gasteiger partial charge in [0.2, 0.25) is 5.91 Å². The SMILES string of the molecule is CC(=O)N1c2ccc(-c3cnn(CCO)c3)c(OCC(=O)N3CCCC3)c2CC[C@@H]1C. The van der Waals surface area contributed by atoms with Crippen LogP contribution in [0.25, 0.3) is 11.1 Å². The molecule has 3 heterocycles. The minimum atomic E-state index is -0.0240. The minimum absolute atomic E-state index is 0.00365. The molecular weight excluding hydrogens is 396 g/mol. The lowest BCUT2D eigenvalue weighted by atomic mass is 9.92. The van der Waals surface area contributed by atoms with E-state index in [1.54, 1.807) is 17.8 Å². The molecule has 2 amide bonds. The monoisotopic (exact) mass is 426 g/mol. The average molecular weight is 427 g/mol. The molecule has 1 saturated heterocycles. The van der Waals surface area contributed by atoms with Crippen molar-refractivity contribution in [2.45, 2.75) is 52.1 Å². The second-order valence-corrected chi connectivity index (χ2v) is 8.31. The quantitative estimate of drug-likeness (QED) is 0.765. The van der Waals surface area contributed by atoms with Crippen molar-refractivity contribution in [3.05, 3.63) is 30.1 Å². The Kier molecular flexibility index (Phi) is 6.27. The van der Waals surface area contributed by atoms with E-state index in [0.29, 0.717) is 12.3 Å². The summed E-state index contributed by atoms with van der Waals surface area (Å²) in [5.41, 5.74) is 3.50. The van der Waals surface area contributed by atoms with E-state index >= 15 is 0 Å². The topological polar surface area (TPSA) is 87.9 Å². The summed E-state index contributed by atoms with van der Waals surface area (Å²) in [6.45, 7) is 5.58. The molecule has 2 aliphatic heterocycles. The maximum atomic E-state index is 12.6. The van der Waals surface area contributed by atoms with E-state index in [0.717, 1.165) is 61.2 Å². The first kappa shape index (κ1) is 21.4. The number of anilines is 1. The van der Waals surface area contributed by atoms with Crippen LogP contribution < -0.4 is 9.64 Å². The Labute approximate surface area is 182 Å². The molecule has 0 spiro atoms. The number of aliphatic hydroxyl groups excluding tert-OH is 1. The summed E-state index contributed by atoms with van der Waals surface area (Å²) in [6.07, 6.45) is 7.27. The molecule has 1 N–H and O–H groups in total. The van der Waals surface area contributed by atoms with Gasteiger partial charge in [-0.3, -0.25) is 14.3 Å². The molecule has 166 valence electrons. The van der Waals surface area contributed by atoms with Crippen molar-refractivity contribution >= 4 is 17.5 Å². The van der Waals surface area contributed by atoms with Crippen LogP contribution in [0.2, 0.25) is 0 Å². The number of aliphatic hydroxyl groups is 1. The number of aromatic nitrogens is 2. The van der Waals surface area contributed by atoms with E-state index in [1.165, 1.54) is 0 Å². The van der Waals surface area contributed by atoms with Gasteiger partial charge in [0.25, 0.3) is 5.91 Å². The Morgan fingerprint density at radius 2 is 2.03 bits per heavy atom. The second-order valence-electron chi connectivity index (χ2n) is 8.31. The third-order valence-corrected chi connectivity index (χ3v) is 6.16. The number of carbonyl (C=O) groups is 2. The molecule has 1 fully saturated rings. The van der Waals surface area contributed by atoms with Crippen LogP contribution in [-0.4, -0.2) is 63.9 Å². The molecule has 0 radical (unpaired) electrons. The molecule has 0 unspecified atom stereocenters. The van der Waals surface area contributed by atoms with Gasteiger partial charge in [-0.25, -0.2) is 0 Å². The van der Waals surface area contributed by atoms with Crippen LogP contribution in [0.4, 0.5) is 5.69 Å². The van der Waals surface area contributed by atoms with Gasteiger partial charge in [-0.15, -0.1) is 0 Å². The average Bonchev–Trinajstić information content (AvgIpc) is 3.44. The molecule has 1 atom stereocenters. The maximum absolute atomic E-state index is 12.6. The van der Waals surface area contributed by atoms with Crippen molar-refractivity contribution in [2.24, 2.45) is 0 Å². The Hall–Kier alpha value is -2.87. The fraction of sp³-hybridized carbons (Fsp3) is 0.522. The normalized spacial score (nSPS) is 18.2. The van der Waals surface area contributed by atoms with Gasteiger partial charge in [0.1, 0.15) is 5.75 Å². The molecule has 0 bridgehead atoms. The van der Waals surface area contributed by atoms with Crippen molar-refractivity contribution in [3.63, 3.8) is 0 Å². The van der Waals surface area contributed by atoms with Crippen molar-refractivity contribution < 1.29 is 19.4 Å². The molecule has 4 rings (SSSR count). The summed E-state index contributed by atoms with van der Waals surface area (Å²) in [5.74, 6) is 0.632. The van der Waals surface area contributed by atoms with E-state index in [1.807, 2.05) is 28.1 Å². The molecule has 0 aliphatic carbocycles. The number of ether oxygens (including phenoxy) is 1. The first-order valence-corrected chi connectivity index (χ1v) is 11.0. The Morgan fingerprint density at radius 1 is 1.26 bits per heavy atom. The molecule has 2 aliphatic rings. The van der Waals surface area contributed by atoms with Crippen LogP contribution in [0.3, 0.4) is 0 Å². The van der Waals surface area contributed by atoms with E-state index in [-0.39, 0.29) is 31.1 Å². The summed E-state index contributed by atoms with van der Waals surface area (Å²) in [4.78, 5) is 28.6. The lowest BCUT2D eigenvalue weighted by Gasteiger charge is -2.36. The van der Waals surface area contributed by atoms with Gasteiger partial charge in [0, 0.05) is 48.9 Å². The van der Waals surface area contributed by atoms with Crippen molar-refractivity contribution in [2.75, 3.05) is 31.2 Å². The van der Waals surface area contributed by atoms with E-state index < -0.39 is 0 Å². The Bertz CT molecular complexity index is 964. The van der Waals surface area contributed by atoms with Crippen molar-refractivity contribution in [3.8, 4) is 16.9 Å². The van der Waals surface area contributed by atoms with Crippen LogP contribution >= 0.6 is 0 Å². The highest BCUT2D eigenvalue weighted by Crippen LogP contribution is 2.43. The molecular formula is C23H30N4O4. The van der Waals surface area contributed by atoms with Gasteiger partial charge < -0.3 is 19.6 Å². The first-order valence-electron chi connectivity index (χ1n) is 11.0. The maximum Gasteiger partial charge on any atom is 0.260 e. The highest BCUT2D eigenvalue weighted by atomic mass is 16.5. The number of carbonyl (C=O) groups excluding carboxylic acids is 2. The number of likely N-dealkylation sites (tertiary alicyclic amines) is 1. The van der Waals surface area contributed by atoms with Crippen LogP contribution in [-0.2, 0) is 22.6 Å². The number of benzene rings is 1. The summed E-state index contributed by atoms with van der Waals surface area (Å²) in [7, 11) is 0. The highest BCUT2D eigenvalue weighted by molar-refractivity contribution is 5.95. The number of rotatable bonds is 6. The standard InChI is InChI=1S/C23H30N4O4/c1-16-5-6-20-21(27(16)17(2)29)8-7-19(18-13-24-26(14-18)11-12-28)23(20)31-15-22(30)25-9-3-4-10-25/h7-8,13-14,16,28H,3-6,9-12,15H2,1-2H3/t16-/m0/s1. The van der Waals surface area contributed by atoms with Crippen molar-refractivity contribution in [1.29, 1.82) is 0 Å². The van der Waals surface area contributed by atoms with Crippen LogP contribution in [0.15, 0.2) is 24.5 Å². The minimum Gasteiger partial charge on any atom is -0.483 e. The van der Waals surface area contributed by atoms with Gasteiger partial charge in [-0.05, 0) is 44.7 Å². The summed E-state index contributed by atoms with van der Waals surface area (Å²) >= 11 is 0. The lowest BCUT2D eigenvalue weighted by molar-refractivity contribution is -0.132. The fourth-order valence-corrected chi connectivity index (χ4v) is 4.60. The number of nitrogens with zero attached hydrogens (tertiary/aromatic N) is 4.